The number of methoxy groups -OCH3 is 1. The topological polar surface area (TPSA) is 77.1 Å². The van der Waals surface area contributed by atoms with Gasteiger partial charge in [0.2, 0.25) is 11.8 Å². The quantitative estimate of drug-likeness (QED) is 0.820. The molecule has 0 saturated carbocycles. The molecule has 0 spiro atoms. The smallest absolute Gasteiger partial charge is 0.227 e. The third kappa shape index (κ3) is 3.92. The molecule has 2 heterocycles. The summed E-state index contributed by atoms with van der Waals surface area (Å²) in [5, 5.41) is 3.10. The average Bonchev–Trinajstić information content (AvgIpc) is 3.15. The normalized spacial score (nSPS) is 18.3. The number of ether oxygens (including phenoxy) is 3. The van der Waals surface area contributed by atoms with Gasteiger partial charge in [-0.05, 0) is 55.8 Å². The van der Waals surface area contributed by atoms with Gasteiger partial charge in [0.15, 0.2) is 11.5 Å². The van der Waals surface area contributed by atoms with Crippen molar-refractivity contribution in [2.75, 3.05) is 31.8 Å². The van der Waals surface area contributed by atoms with E-state index in [4.69, 9.17) is 14.2 Å². The molecule has 7 nitrogen and oxygen atoms in total. The Hall–Kier alpha value is -3.22. The Balaban J connectivity index is 1.44. The van der Waals surface area contributed by atoms with Gasteiger partial charge in [0, 0.05) is 18.7 Å². The number of fused-ring (bicyclic) bond motifs is 1. The number of hydrogen-bond donors (Lipinski definition) is 1. The van der Waals surface area contributed by atoms with Crippen molar-refractivity contribution in [1.82, 2.24) is 5.32 Å². The highest BCUT2D eigenvalue weighted by Gasteiger charge is 2.37. The van der Waals surface area contributed by atoms with Crippen molar-refractivity contribution in [3.05, 3.63) is 48.0 Å². The summed E-state index contributed by atoms with van der Waals surface area (Å²) in [5.74, 6) is 1.51. The van der Waals surface area contributed by atoms with Crippen molar-refractivity contribution in [3.8, 4) is 17.2 Å². The third-order valence-electron chi connectivity index (χ3n) is 5.58. The van der Waals surface area contributed by atoms with Crippen molar-refractivity contribution < 1.29 is 23.8 Å². The molecule has 1 N–H and O–H groups in total. The molecule has 2 amide bonds. The summed E-state index contributed by atoms with van der Waals surface area (Å²) in [7, 11) is 1.60. The first-order valence-electron chi connectivity index (χ1n) is 10.0. The number of carbonyl (C=O) groups excluding carboxylic acids is 2. The van der Waals surface area contributed by atoms with Crippen LogP contribution in [0.25, 0.3) is 0 Å². The van der Waals surface area contributed by atoms with E-state index in [1.807, 2.05) is 44.2 Å². The Morgan fingerprint density at radius 2 is 1.80 bits per heavy atom. The molecule has 4 rings (SSSR count). The van der Waals surface area contributed by atoms with Gasteiger partial charge in [-0.1, -0.05) is 6.07 Å². The Labute approximate surface area is 175 Å². The van der Waals surface area contributed by atoms with E-state index in [0.29, 0.717) is 31.3 Å². The zero-order valence-electron chi connectivity index (χ0n) is 17.4. The molecule has 0 radical (unpaired) electrons. The van der Waals surface area contributed by atoms with E-state index in [-0.39, 0.29) is 18.2 Å². The molecule has 1 atom stereocenters. The number of rotatable bonds is 5. The number of amides is 2. The Morgan fingerprint density at radius 3 is 2.50 bits per heavy atom. The SMILES string of the molecule is COc1ccc(N2CC(C(=O)NC(C)(C)c3ccc4c(c3)OCCO4)CC2=O)cc1. The lowest BCUT2D eigenvalue weighted by molar-refractivity contribution is -0.127. The highest BCUT2D eigenvalue weighted by molar-refractivity contribution is 6.00. The fourth-order valence-corrected chi connectivity index (χ4v) is 3.81. The van der Waals surface area contributed by atoms with Crippen LogP contribution in [-0.2, 0) is 15.1 Å². The summed E-state index contributed by atoms with van der Waals surface area (Å²) < 4.78 is 16.4. The maximum atomic E-state index is 13.0. The molecule has 0 aromatic heterocycles. The standard InChI is InChI=1S/C23H26N2O5/c1-23(2,16-4-9-19-20(13-16)30-11-10-29-19)24-22(27)15-12-21(26)25(14-15)17-5-7-18(28-3)8-6-17/h4-9,13,15H,10-12,14H2,1-3H3,(H,24,27). The minimum absolute atomic E-state index is 0.0579. The maximum Gasteiger partial charge on any atom is 0.227 e. The van der Waals surface area contributed by atoms with Crippen LogP contribution in [0.15, 0.2) is 42.5 Å². The van der Waals surface area contributed by atoms with Gasteiger partial charge >= 0.3 is 0 Å². The predicted octanol–water partition coefficient (Wildman–Crippen LogP) is 2.87. The van der Waals surface area contributed by atoms with Crippen LogP contribution < -0.4 is 24.4 Å². The minimum atomic E-state index is -0.622. The van der Waals surface area contributed by atoms with Crippen LogP contribution in [0.3, 0.4) is 0 Å². The van der Waals surface area contributed by atoms with E-state index in [1.165, 1.54) is 0 Å². The van der Waals surface area contributed by atoms with Crippen LogP contribution in [0.2, 0.25) is 0 Å². The molecule has 2 aliphatic heterocycles. The Bertz CT molecular complexity index is 955. The molecule has 2 aromatic carbocycles. The molecule has 2 aromatic rings. The maximum absolute atomic E-state index is 13.0. The fourth-order valence-electron chi connectivity index (χ4n) is 3.81. The van der Waals surface area contributed by atoms with Crippen LogP contribution in [0.1, 0.15) is 25.8 Å². The first kappa shape index (κ1) is 20.1. The van der Waals surface area contributed by atoms with E-state index >= 15 is 0 Å². The molecule has 7 heteroatoms. The third-order valence-corrected chi connectivity index (χ3v) is 5.58. The van der Waals surface area contributed by atoms with E-state index in [0.717, 1.165) is 17.0 Å². The molecular weight excluding hydrogens is 384 g/mol. The van der Waals surface area contributed by atoms with Crippen LogP contribution in [-0.4, -0.2) is 38.7 Å². The van der Waals surface area contributed by atoms with E-state index in [2.05, 4.69) is 5.32 Å². The number of hydrogen-bond acceptors (Lipinski definition) is 5. The summed E-state index contributed by atoms with van der Waals surface area (Å²) in [4.78, 5) is 27.2. The Kier molecular flexibility index (Phi) is 5.28. The van der Waals surface area contributed by atoms with Crippen LogP contribution in [0, 0.1) is 5.92 Å². The van der Waals surface area contributed by atoms with Crippen molar-refractivity contribution in [2.45, 2.75) is 25.8 Å². The molecule has 2 aliphatic rings. The summed E-state index contributed by atoms with van der Waals surface area (Å²) in [6, 6.07) is 13.0. The Morgan fingerprint density at radius 1 is 1.10 bits per heavy atom. The van der Waals surface area contributed by atoms with Crippen LogP contribution in [0.4, 0.5) is 5.69 Å². The average molecular weight is 410 g/mol. The van der Waals surface area contributed by atoms with Crippen molar-refractivity contribution in [2.24, 2.45) is 5.92 Å². The van der Waals surface area contributed by atoms with Crippen molar-refractivity contribution >= 4 is 17.5 Å². The van der Waals surface area contributed by atoms with Crippen molar-refractivity contribution in [1.29, 1.82) is 0 Å². The number of nitrogens with zero attached hydrogens (tertiary/aromatic N) is 1. The second kappa shape index (κ2) is 7.89. The lowest BCUT2D eigenvalue weighted by Gasteiger charge is -2.30. The molecule has 1 unspecified atom stereocenters. The minimum Gasteiger partial charge on any atom is -0.497 e. The molecule has 0 aliphatic carbocycles. The van der Waals surface area contributed by atoms with Gasteiger partial charge in [0.05, 0.1) is 18.6 Å². The summed E-state index contributed by atoms with van der Waals surface area (Å²) in [6.45, 7) is 5.28. The molecule has 1 saturated heterocycles. The molecule has 1 fully saturated rings. The van der Waals surface area contributed by atoms with Gasteiger partial charge in [-0.3, -0.25) is 9.59 Å². The van der Waals surface area contributed by atoms with E-state index in [1.54, 1.807) is 24.1 Å². The first-order valence-corrected chi connectivity index (χ1v) is 10.0. The molecular formula is C23H26N2O5. The molecule has 0 bridgehead atoms. The van der Waals surface area contributed by atoms with Crippen LogP contribution in [0.5, 0.6) is 17.2 Å². The van der Waals surface area contributed by atoms with Gasteiger partial charge in [-0.2, -0.15) is 0 Å². The number of nitrogens with one attached hydrogen (secondary N) is 1. The second-order valence-electron chi connectivity index (χ2n) is 8.08. The zero-order valence-corrected chi connectivity index (χ0v) is 17.4. The largest absolute Gasteiger partial charge is 0.497 e. The summed E-state index contributed by atoms with van der Waals surface area (Å²) in [5.41, 5.74) is 1.06. The highest BCUT2D eigenvalue weighted by Crippen LogP contribution is 2.35. The van der Waals surface area contributed by atoms with Gasteiger partial charge in [-0.25, -0.2) is 0 Å². The number of anilines is 1. The first-order chi connectivity index (χ1) is 14.4. The summed E-state index contributed by atoms with van der Waals surface area (Å²) >= 11 is 0. The lowest BCUT2D eigenvalue weighted by Crippen LogP contribution is -2.44. The lowest BCUT2D eigenvalue weighted by atomic mass is 9.92. The second-order valence-corrected chi connectivity index (χ2v) is 8.08. The van der Waals surface area contributed by atoms with E-state index in [9.17, 15) is 9.59 Å². The number of benzene rings is 2. The fraction of sp³-hybridized carbons (Fsp3) is 0.391. The highest BCUT2D eigenvalue weighted by atomic mass is 16.6. The summed E-state index contributed by atoms with van der Waals surface area (Å²) in [6.07, 6.45) is 0.190. The van der Waals surface area contributed by atoms with Crippen LogP contribution >= 0.6 is 0 Å². The molecule has 158 valence electrons. The predicted molar refractivity (Wildman–Crippen MR) is 112 cm³/mol. The zero-order chi connectivity index (χ0) is 21.3. The van der Waals surface area contributed by atoms with Gasteiger partial charge in [-0.15, -0.1) is 0 Å². The van der Waals surface area contributed by atoms with Gasteiger partial charge in [0.1, 0.15) is 19.0 Å². The van der Waals surface area contributed by atoms with Gasteiger partial charge in [0.25, 0.3) is 0 Å². The number of carbonyl (C=O) groups is 2. The van der Waals surface area contributed by atoms with Gasteiger partial charge < -0.3 is 24.4 Å². The van der Waals surface area contributed by atoms with Crippen molar-refractivity contribution in [3.63, 3.8) is 0 Å². The molecule has 30 heavy (non-hydrogen) atoms. The monoisotopic (exact) mass is 410 g/mol. The van der Waals surface area contributed by atoms with E-state index < -0.39 is 11.5 Å².